The fourth-order valence-corrected chi connectivity index (χ4v) is 2.16. The van der Waals surface area contributed by atoms with Crippen LogP contribution in [0.25, 0.3) is 11.0 Å². The maximum atomic E-state index is 11.7. The number of nitrogens with zero attached hydrogens (tertiary/aromatic N) is 3. The van der Waals surface area contributed by atoms with Gasteiger partial charge in [-0.2, -0.15) is 4.98 Å². The van der Waals surface area contributed by atoms with Crippen LogP contribution in [-0.4, -0.2) is 27.0 Å². The normalized spacial score (nSPS) is 19.6. The number of hydrogen-bond acceptors (Lipinski definition) is 3. The molecule has 1 aliphatic heterocycles. The summed E-state index contributed by atoms with van der Waals surface area (Å²) < 4.78 is 1.90. The van der Waals surface area contributed by atoms with E-state index in [-0.39, 0.29) is 17.2 Å². The van der Waals surface area contributed by atoms with E-state index in [9.17, 15) is 4.79 Å². The number of hydrogen-bond donors (Lipinski definition) is 1. The highest BCUT2D eigenvalue weighted by Crippen LogP contribution is 2.25. The summed E-state index contributed by atoms with van der Waals surface area (Å²) in [5, 5.41) is 3.86. The van der Waals surface area contributed by atoms with Crippen molar-refractivity contribution in [1.29, 1.82) is 0 Å². The van der Waals surface area contributed by atoms with Crippen molar-refractivity contribution >= 4 is 28.5 Å². The van der Waals surface area contributed by atoms with Crippen LogP contribution in [0.5, 0.6) is 0 Å². The number of carbonyl (C=O) groups is 1. The lowest BCUT2D eigenvalue weighted by Gasteiger charge is -2.23. The zero-order chi connectivity index (χ0) is 11.3. The van der Waals surface area contributed by atoms with Gasteiger partial charge in [-0.05, 0) is 24.6 Å². The molecule has 16 heavy (non-hydrogen) atoms. The monoisotopic (exact) mass is 236 g/mol. The highest BCUT2D eigenvalue weighted by Gasteiger charge is 2.25. The molecule has 2 aromatic heterocycles. The van der Waals surface area contributed by atoms with Crippen molar-refractivity contribution in [2.45, 2.75) is 13.0 Å². The van der Waals surface area contributed by atoms with Crippen LogP contribution >= 0.6 is 11.6 Å². The molecule has 0 radical (unpaired) electrons. The van der Waals surface area contributed by atoms with Crippen LogP contribution in [0.1, 0.15) is 23.5 Å². The van der Waals surface area contributed by atoms with E-state index in [1.807, 2.05) is 11.5 Å². The standard InChI is InChI=1S/C10H9ClN4O/c1-5-3-12-9(16)7-2-6-4-13-10(11)14-8(6)15(5)7/h2,4-5H,3H2,1H3,(H,12,16)/t5-/m0/s1. The molecule has 1 aliphatic rings. The quantitative estimate of drug-likeness (QED) is 0.704. The van der Waals surface area contributed by atoms with Gasteiger partial charge < -0.3 is 9.88 Å². The van der Waals surface area contributed by atoms with Crippen molar-refractivity contribution in [2.24, 2.45) is 0 Å². The van der Waals surface area contributed by atoms with Crippen molar-refractivity contribution in [1.82, 2.24) is 19.9 Å². The Hall–Kier alpha value is -1.62. The SMILES string of the molecule is C[C@H]1CNC(=O)c2cc3cnc(Cl)nc3n21. The lowest BCUT2D eigenvalue weighted by Crippen LogP contribution is -2.37. The molecule has 0 fully saturated rings. The second-order valence-corrected chi connectivity index (χ2v) is 4.21. The molecule has 1 atom stereocenters. The molecule has 0 saturated heterocycles. The Morgan fingerprint density at radius 2 is 2.44 bits per heavy atom. The molecule has 82 valence electrons. The Balaban J connectivity index is 2.38. The number of carbonyl (C=O) groups excluding carboxylic acids is 1. The van der Waals surface area contributed by atoms with Gasteiger partial charge in [0, 0.05) is 18.1 Å². The van der Waals surface area contributed by atoms with Gasteiger partial charge in [0.15, 0.2) is 0 Å². The van der Waals surface area contributed by atoms with E-state index in [4.69, 9.17) is 11.6 Å². The van der Waals surface area contributed by atoms with Crippen LogP contribution in [0, 0.1) is 0 Å². The van der Waals surface area contributed by atoms with Crippen LogP contribution in [0.15, 0.2) is 12.3 Å². The lowest BCUT2D eigenvalue weighted by molar-refractivity contribution is 0.0919. The van der Waals surface area contributed by atoms with Gasteiger partial charge >= 0.3 is 0 Å². The first-order chi connectivity index (χ1) is 7.66. The summed E-state index contributed by atoms with van der Waals surface area (Å²) in [6.45, 7) is 2.63. The zero-order valence-electron chi connectivity index (χ0n) is 8.57. The van der Waals surface area contributed by atoms with Crippen LogP contribution in [0.4, 0.5) is 0 Å². The second-order valence-electron chi connectivity index (χ2n) is 3.88. The van der Waals surface area contributed by atoms with Gasteiger partial charge in [0.1, 0.15) is 11.3 Å². The predicted octanol–water partition coefficient (Wildman–Crippen LogP) is 1.39. The largest absolute Gasteiger partial charge is 0.349 e. The van der Waals surface area contributed by atoms with Gasteiger partial charge in [0.2, 0.25) is 5.28 Å². The molecule has 0 saturated carbocycles. The maximum Gasteiger partial charge on any atom is 0.268 e. The summed E-state index contributed by atoms with van der Waals surface area (Å²) in [5.74, 6) is -0.0766. The van der Waals surface area contributed by atoms with Gasteiger partial charge in [0.25, 0.3) is 5.91 Å². The molecule has 0 aliphatic carbocycles. The summed E-state index contributed by atoms with van der Waals surface area (Å²) in [4.78, 5) is 19.8. The van der Waals surface area contributed by atoms with Gasteiger partial charge in [-0.25, -0.2) is 4.98 Å². The summed E-state index contributed by atoms with van der Waals surface area (Å²) >= 11 is 5.77. The highest BCUT2D eigenvalue weighted by molar-refractivity contribution is 6.28. The molecule has 3 heterocycles. The van der Waals surface area contributed by atoms with Crippen molar-refractivity contribution < 1.29 is 4.79 Å². The predicted molar refractivity (Wildman–Crippen MR) is 59.6 cm³/mol. The van der Waals surface area contributed by atoms with E-state index in [0.717, 1.165) is 11.0 Å². The fourth-order valence-electron chi connectivity index (χ4n) is 2.03. The first-order valence-electron chi connectivity index (χ1n) is 4.98. The van der Waals surface area contributed by atoms with E-state index in [2.05, 4.69) is 15.3 Å². The molecule has 6 heteroatoms. The number of amides is 1. The van der Waals surface area contributed by atoms with Gasteiger partial charge in [0.05, 0.1) is 6.04 Å². The van der Waals surface area contributed by atoms with E-state index in [1.54, 1.807) is 12.3 Å². The average Bonchev–Trinajstić information content (AvgIpc) is 2.63. The fraction of sp³-hybridized carbons (Fsp3) is 0.300. The number of nitrogens with one attached hydrogen (secondary N) is 1. The Bertz CT molecular complexity index is 592. The number of rotatable bonds is 0. The van der Waals surface area contributed by atoms with E-state index >= 15 is 0 Å². The first kappa shape index (κ1) is 9.59. The zero-order valence-corrected chi connectivity index (χ0v) is 9.32. The van der Waals surface area contributed by atoms with E-state index in [1.165, 1.54) is 0 Å². The van der Waals surface area contributed by atoms with Crippen LogP contribution in [-0.2, 0) is 0 Å². The minimum absolute atomic E-state index is 0.0766. The lowest BCUT2D eigenvalue weighted by atomic mass is 10.2. The Kier molecular flexibility index (Phi) is 1.91. The average molecular weight is 237 g/mol. The van der Waals surface area contributed by atoms with Gasteiger partial charge in [-0.1, -0.05) is 0 Å². The maximum absolute atomic E-state index is 11.7. The summed E-state index contributed by atoms with van der Waals surface area (Å²) in [6.07, 6.45) is 1.63. The van der Waals surface area contributed by atoms with Crippen LogP contribution in [0.3, 0.4) is 0 Å². The number of aromatic nitrogens is 3. The van der Waals surface area contributed by atoms with Gasteiger partial charge in [-0.15, -0.1) is 0 Å². The highest BCUT2D eigenvalue weighted by atomic mass is 35.5. The van der Waals surface area contributed by atoms with Crippen molar-refractivity contribution in [3.63, 3.8) is 0 Å². The van der Waals surface area contributed by atoms with Crippen LogP contribution in [0.2, 0.25) is 5.28 Å². The summed E-state index contributed by atoms with van der Waals surface area (Å²) in [7, 11) is 0. The minimum Gasteiger partial charge on any atom is -0.349 e. The smallest absolute Gasteiger partial charge is 0.268 e. The van der Waals surface area contributed by atoms with Crippen molar-refractivity contribution in [3.8, 4) is 0 Å². The second kappa shape index (κ2) is 3.18. The molecule has 0 spiro atoms. The molecule has 0 aromatic carbocycles. The topological polar surface area (TPSA) is 59.8 Å². The number of halogens is 1. The Labute approximate surface area is 96.4 Å². The molecule has 3 rings (SSSR count). The van der Waals surface area contributed by atoms with Crippen LogP contribution < -0.4 is 5.32 Å². The molecular weight excluding hydrogens is 228 g/mol. The van der Waals surface area contributed by atoms with Crippen molar-refractivity contribution in [2.75, 3.05) is 6.54 Å². The molecule has 0 unspecified atom stereocenters. The first-order valence-corrected chi connectivity index (χ1v) is 5.36. The third kappa shape index (κ3) is 1.21. The third-order valence-electron chi connectivity index (χ3n) is 2.78. The molecule has 2 aromatic rings. The van der Waals surface area contributed by atoms with Crippen molar-refractivity contribution in [3.05, 3.63) is 23.2 Å². The number of fused-ring (bicyclic) bond motifs is 3. The third-order valence-corrected chi connectivity index (χ3v) is 2.96. The molecule has 5 nitrogen and oxygen atoms in total. The molecule has 0 bridgehead atoms. The molecule has 1 amide bonds. The molecule has 1 N–H and O–H groups in total. The Morgan fingerprint density at radius 3 is 3.25 bits per heavy atom. The minimum atomic E-state index is -0.0766. The van der Waals surface area contributed by atoms with Gasteiger partial charge in [-0.3, -0.25) is 4.79 Å². The Morgan fingerprint density at radius 1 is 1.62 bits per heavy atom. The van der Waals surface area contributed by atoms with E-state index in [0.29, 0.717) is 12.2 Å². The summed E-state index contributed by atoms with van der Waals surface area (Å²) in [5.41, 5.74) is 1.34. The van der Waals surface area contributed by atoms with E-state index < -0.39 is 0 Å². The summed E-state index contributed by atoms with van der Waals surface area (Å²) in [6, 6.07) is 1.97. The molecular formula is C10H9ClN4O.